The Morgan fingerprint density at radius 2 is 1.79 bits per heavy atom. The number of alkyl halides is 3. The number of aliphatic imine (C=N–C) groups is 1. The van der Waals surface area contributed by atoms with Gasteiger partial charge in [0.05, 0.1) is 28.9 Å². The van der Waals surface area contributed by atoms with Crippen LogP contribution in [-0.4, -0.2) is 48.0 Å². The number of likely N-dealkylation sites (N-methyl/N-ethyl adjacent to an activating group) is 1. The second-order valence-corrected chi connectivity index (χ2v) is 9.16. The molecule has 0 bridgehead atoms. The molecule has 2 heterocycles. The summed E-state index contributed by atoms with van der Waals surface area (Å²) in [4.78, 5) is 45.4. The minimum atomic E-state index is -4.61. The van der Waals surface area contributed by atoms with Gasteiger partial charge in [-0.05, 0) is 19.4 Å². The monoisotopic (exact) mass is 541 g/mol. The van der Waals surface area contributed by atoms with Gasteiger partial charge in [-0.3, -0.25) is 14.4 Å². The quantitative estimate of drug-likeness (QED) is 0.451. The fourth-order valence-electron chi connectivity index (χ4n) is 4.62. The Morgan fingerprint density at radius 3 is 2.41 bits per heavy atom. The van der Waals surface area contributed by atoms with Crippen molar-refractivity contribution in [3.63, 3.8) is 0 Å². The Hall–Kier alpha value is -4.48. The highest BCUT2D eigenvalue weighted by molar-refractivity contribution is 6.20. The molecule has 204 valence electrons. The van der Waals surface area contributed by atoms with Crippen LogP contribution in [0.2, 0.25) is 0 Å². The fourth-order valence-corrected chi connectivity index (χ4v) is 4.62. The van der Waals surface area contributed by atoms with Crippen LogP contribution < -0.4 is 16.0 Å². The summed E-state index contributed by atoms with van der Waals surface area (Å²) < 4.78 is 44.5. The van der Waals surface area contributed by atoms with Gasteiger partial charge in [0, 0.05) is 30.2 Å². The Morgan fingerprint density at radius 1 is 1.13 bits per heavy atom. The number of para-hydroxylation sites is 1. The summed E-state index contributed by atoms with van der Waals surface area (Å²) in [7, 11) is 1.51. The van der Waals surface area contributed by atoms with Gasteiger partial charge in [-0.15, -0.1) is 0 Å². The SMILES string of the molecule is Cc1nocc1[C@H](C(N)=O)[C@@H](CCC(F)(F)F)C(=O)N[C@H]1N=C(c2ccccc2)c2ccccc2N(C)C1=O. The number of carbonyl (C=O) groups is 3. The number of halogens is 3. The van der Waals surface area contributed by atoms with Crippen molar-refractivity contribution in [3.8, 4) is 0 Å². The lowest BCUT2D eigenvalue weighted by molar-refractivity contribution is -0.144. The predicted molar refractivity (Wildman–Crippen MR) is 136 cm³/mol. The van der Waals surface area contributed by atoms with Crippen LogP contribution in [-0.2, 0) is 14.4 Å². The molecule has 0 spiro atoms. The van der Waals surface area contributed by atoms with Gasteiger partial charge in [0.1, 0.15) is 6.26 Å². The molecule has 0 saturated heterocycles. The minimum Gasteiger partial charge on any atom is -0.369 e. The Balaban J connectivity index is 1.75. The standard InChI is InChI=1S/C27H26F3N5O4/c1-15-19(14-39-34-15)21(23(31)36)18(12-13-27(28,29)30)25(37)33-24-26(38)35(2)20-11-7-6-10-17(20)22(32-24)16-8-4-3-5-9-16/h3-11,14,18,21,24H,12-13H2,1-2H3,(H2,31,36)(H,33,37)/t18-,21-,24-/m1/s1. The largest absolute Gasteiger partial charge is 0.389 e. The highest BCUT2D eigenvalue weighted by Gasteiger charge is 2.41. The average molecular weight is 542 g/mol. The molecular formula is C27H26F3N5O4. The summed E-state index contributed by atoms with van der Waals surface area (Å²) in [5, 5.41) is 6.15. The number of anilines is 1. The van der Waals surface area contributed by atoms with Crippen LogP contribution in [0.25, 0.3) is 0 Å². The van der Waals surface area contributed by atoms with E-state index in [1.54, 1.807) is 48.5 Å². The van der Waals surface area contributed by atoms with Crippen molar-refractivity contribution in [2.24, 2.45) is 16.6 Å². The highest BCUT2D eigenvalue weighted by Crippen LogP contribution is 2.34. The number of rotatable bonds is 8. The van der Waals surface area contributed by atoms with E-state index in [2.05, 4.69) is 15.5 Å². The van der Waals surface area contributed by atoms with Crippen LogP contribution in [0, 0.1) is 12.8 Å². The number of amides is 3. The first-order chi connectivity index (χ1) is 18.5. The molecule has 39 heavy (non-hydrogen) atoms. The fraction of sp³-hybridized carbons (Fsp3) is 0.296. The summed E-state index contributed by atoms with van der Waals surface area (Å²) in [6.45, 7) is 1.48. The topological polar surface area (TPSA) is 131 Å². The average Bonchev–Trinajstić information content (AvgIpc) is 3.28. The first kappa shape index (κ1) is 27.6. The van der Waals surface area contributed by atoms with Crippen molar-refractivity contribution in [1.29, 1.82) is 0 Å². The molecule has 0 unspecified atom stereocenters. The van der Waals surface area contributed by atoms with Crippen molar-refractivity contribution in [3.05, 3.63) is 83.2 Å². The zero-order chi connectivity index (χ0) is 28.3. The molecule has 0 saturated carbocycles. The first-order valence-electron chi connectivity index (χ1n) is 12.1. The normalized spacial score (nSPS) is 17.1. The van der Waals surface area contributed by atoms with Crippen LogP contribution in [0.5, 0.6) is 0 Å². The molecule has 3 atom stereocenters. The number of benzene rings is 2. The molecule has 1 aliphatic heterocycles. The van der Waals surface area contributed by atoms with E-state index in [9.17, 15) is 27.6 Å². The molecular weight excluding hydrogens is 515 g/mol. The van der Waals surface area contributed by atoms with Gasteiger partial charge in [0.15, 0.2) is 0 Å². The van der Waals surface area contributed by atoms with Crippen molar-refractivity contribution in [2.45, 2.75) is 38.0 Å². The highest BCUT2D eigenvalue weighted by atomic mass is 19.4. The van der Waals surface area contributed by atoms with Crippen LogP contribution >= 0.6 is 0 Å². The number of hydrogen-bond donors (Lipinski definition) is 2. The van der Waals surface area contributed by atoms with Crippen LogP contribution in [0.3, 0.4) is 0 Å². The van der Waals surface area contributed by atoms with Crippen molar-refractivity contribution in [1.82, 2.24) is 10.5 Å². The third kappa shape index (κ3) is 6.00. The van der Waals surface area contributed by atoms with E-state index >= 15 is 0 Å². The molecule has 3 aromatic rings. The Kier molecular flexibility index (Phi) is 7.84. The maximum absolute atomic E-state index is 13.6. The third-order valence-electron chi connectivity index (χ3n) is 6.58. The van der Waals surface area contributed by atoms with Gasteiger partial charge in [-0.1, -0.05) is 53.7 Å². The van der Waals surface area contributed by atoms with E-state index in [-0.39, 0.29) is 11.3 Å². The van der Waals surface area contributed by atoms with Gasteiger partial charge >= 0.3 is 6.18 Å². The van der Waals surface area contributed by atoms with Gasteiger partial charge in [0.2, 0.25) is 18.0 Å². The Bertz CT molecular complexity index is 1400. The Labute approximate surface area is 221 Å². The number of fused-ring (bicyclic) bond motifs is 1. The van der Waals surface area contributed by atoms with Gasteiger partial charge in [0.25, 0.3) is 5.91 Å². The van der Waals surface area contributed by atoms with Crippen molar-refractivity contribution < 1.29 is 32.1 Å². The van der Waals surface area contributed by atoms with Crippen molar-refractivity contribution >= 4 is 29.1 Å². The van der Waals surface area contributed by atoms with Gasteiger partial charge < -0.3 is 20.5 Å². The number of carbonyl (C=O) groups excluding carboxylic acids is 3. The summed E-state index contributed by atoms with van der Waals surface area (Å²) >= 11 is 0. The number of aryl methyl sites for hydroxylation is 1. The third-order valence-corrected chi connectivity index (χ3v) is 6.58. The molecule has 0 aliphatic carbocycles. The molecule has 12 heteroatoms. The molecule has 1 aromatic heterocycles. The molecule has 0 radical (unpaired) electrons. The van der Waals surface area contributed by atoms with Crippen molar-refractivity contribution in [2.75, 3.05) is 11.9 Å². The molecule has 2 aromatic carbocycles. The van der Waals surface area contributed by atoms with Crippen LogP contribution in [0.1, 0.15) is 41.1 Å². The second-order valence-electron chi connectivity index (χ2n) is 9.16. The zero-order valence-corrected chi connectivity index (χ0v) is 21.1. The number of aromatic nitrogens is 1. The van der Waals surface area contributed by atoms with E-state index in [0.29, 0.717) is 22.5 Å². The van der Waals surface area contributed by atoms with Gasteiger partial charge in [-0.2, -0.15) is 13.2 Å². The van der Waals surface area contributed by atoms with E-state index < -0.39 is 54.7 Å². The lowest BCUT2D eigenvalue weighted by atomic mass is 9.82. The van der Waals surface area contributed by atoms with Crippen LogP contribution in [0.15, 0.2) is 70.4 Å². The number of nitrogens with one attached hydrogen (secondary N) is 1. The molecule has 3 N–H and O–H groups in total. The number of nitrogens with zero attached hydrogens (tertiary/aromatic N) is 3. The number of hydrogen-bond acceptors (Lipinski definition) is 6. The zero-order valence-electron chi connectivity index (χ0n) is 21.1. The maximum Gasteiger partial charge on any atom is 0.389 e. The van der Waals surface area contributed by atoms with E-state index in [1.165, 1.54) is 18.9 Å². The lowest BCUT2D eigenvalue weighted by Gasteiger charge is -2.26. The number of primary amides is 1. The number of nitrogens with two attached hydrogens (primary N) is 1. The van der Waals surface area contributed by atoms with E-state index in [0.717, 1.165) is 6.26 Å². The number of benzodiazepines with no additional fused rings is 1. The second kappa shape index (κ2) is 11.1. The minimum absolute atomic E-state index is 0.0926. The molecule has 4 rings (SSSR count). The lowest BCUT2D eigenvalue weighted by Crippen LogP contribution is -2.49. The molecule has 3 amide bonds. The molecule has 1 aliphatic rings. The van der Waals surface area contributed by atoms with Gasteiger partial charge in [-0.25, -0.2) is 4.99 Å². The summed E-state index contributed by atoms with van der Waals surface area (Å²) in [6.07, 6.45) is -7.15. The summed E-state index contributed by atoms with van der Waals surface area (Å²) in [6, 6.07) is 16.0. The predicted octanol–water partition coefficient (Wildman–Crippen LogP) is 3.47. The van der Waals surface area contributed by atoms with E-state index in [1.807, 2.05) is 6.07 Å². The van der Waals surface area contributed by atoms with Crippen LogP contribution in [0.4, 0.5) is 18.9 Å². The maximum atomic E-state index is 13.6. The smallest absolute Gasteiger partial charge is 0.369 e. The molecule has 0 fully saturated rings. The van der Waals surface area contributed by atoms with E-state index in [4.69, 9.17) is 10.3 Å². The summed E-state index contributed by atoms with van der Waals surface area (Å²) in [5.74, 6) is -5.70. The molecule has 9 nitrogen and oxygen atoms in total. The first-order valence-corrected chi connectivity index (χ1v) is 12.1. The summed E-state index contributed by atoms with van der Waals surface area (Å²) in [5.41, 5.74) is 8.09.